The summed E-state index contributed by atoms with van der Waals surface area (Å²) in [5.74, 6) is -1.33. The lowest BCUT2D eigenvalue weighted by atomic mass is 10.1. The first kappa shape index (κ1) is 15.0. The molecule has 2 aromatic rings. The molecule has 0 aliphatic heterocycles. The van der Waals surface area contributed by atoms with E-state index in [2.05, 4.69) is 10.6 Å². The maximum atomic E-state index is 13.0. The van der Waals surface area contributed by atoms with E-state index in [9.17, 15) is 13.6 Å². The third kappa shape index (κ3) is 4.56. The summed E-state index contributed by atoms with van der Waals surface area (Å²) in [6, 6.07) is 10.2. The molecule has 0 bridgehead atoms. The van der Waals surface area contributed by atoms with E-state index in [0.717, 1.165) is 12.5 Å². The Morgan fingerprint density at radius 1 is 1.00 bits per heavy atom. The van der Waals surface area contributed by atoms with Crippen LogP contribution in [0.25, 0.3) is 0 Å². The lowest BCUT2D eigenvalue weighted by Crippen LogP contribution is -2.28. The summed E-state index contributed by atoms with van der Waals surface area (Å²) in [6.45, 7) is 2.10. The first-order chi connectivity index (χ1) is 10.1. The van der Waals surface area contributed by atoms with Crippen LogP contribution in [0.4, 0.5) is 19.3 Å². The highest BCUT2D eigenvalue weighted by Gasteiger charge is 2.04. The van der Waals surface area contributed by atoms with Gasteiger partial charge in [0.15, 0.2) is 0 Å². The van der Waals surface area contributed by atoms with Crippen LogP contribution in [0.1, 0.15) is 18.1 Å². The van der Waals surface area contributed by atoms with Gasteiger partial charge in [-0.2, -0.15) is 0 Å². The van der Waals surface area contributed by atoms with Gasteiger partial charge in [0.2, 0.25) is 0 Å². The van der Waals surface area contributed by atoms with E-state index < -0.39 is 17.7 Å². The van der Waals surface area contributed by atoms with Gasteiger partial charge in [-0.3, -0.25) is 0 Å². The Morgan fingerprint density at radius 3 is 2.19 bits per heavy atom. The molecule has 0 fully saturated rings. The molecule has 5 heteroatoms. The second-order valence-electron chi connectivity index (χ2n) is 4.64. The van der Waals surface area contributed by atoms with Crippen molar-refractivity contribution in [3.05, 3.63) is 65.2 Å². The molecule has 0 aliphatic rings. The van der Waals surface area contributed by atoms with Crippen molar-refractivity contribution >= 4 is 11.7 Å². The monoisotopic (exact) mass is 290 g/mol. The molecule has 0 atom stereocenters. The summed E-state index contributed by atoms with van der Waals surface area (Å²) in [5.41, 5.74) is 2.20. The first-order valence-corrected chi connectivity index (χ1v) is 6.65. The molecule has 0 aliphatic carbocycles. The molecule has 2 aromatic carbocycles. The molecule has 0 saturated heterocycles. The summed E-state index contributed by atoms with van der Waals surface area (Å²) in [4.78, 5) is 11.7. The molecular formula is C16H16F2N2O. The van der Waals surface area contributed by atoms with Crippen molar-refractivity contribution in [1.29, 1.82) is 0 Å². The number of halogens is 2. The number of aryl methyl sites for hydroxylation is 1. The average Bonchev–Trinajstić information content (AvgIpc) is 2.45. The normalized spacial score (nSPS) is 10.2. The van der Waals surface area contributed by atoms with E-state index in [1.54, 1.807) is 12.1 Å². The van der Waals surface area contributed by atoms with Crippen LogP contribution in [0.3, 0.4) is 0 Å². The molecule has 2 amide bonds. The Balaban J connectivity index is 1.89. The van der Waals surface area contributed by atoms with Gasteiger partial charge in [0.25, 0.3) is 0 Å². The second kappa shape index (κ2) is 6.83. The molecule has 0 spiro atoms. The Bertz CT molecular complexity index is 606. The molecule has 0 aromatic heterocycles. The molecule has 0 saturated carbocycles. The Morgan fingerprint density at radius 2 is 1.62 bits per heavy atom. The lowest BCUT2D eigenvalue weighted by molar-refractivity contribution is 0.251. The minimum Gasteiger partial charge on any atom is -0.334 e. The second-order valence-corrected chi connectivity index (χ2v) is 4.64. The maximum Gasteiger partial charge on any atom is 0.319 e. The van der Waals surface area contributed by atoms with Crippen molar-refractivity contribution in [2.24, 2.45) is 0 Å². The lowest BCUT2D eigenvalue weighted by Gasteiger charge is -2.08. The molecule has 0 heterocycles. The van der Waals surface area contributed by atoms with E-state index in [4.69, 9.17) is 0 Å². The van der Waals surface area contributed by atoms with Crippen LogP contribution in [0, 0.1) is 11.6 Å². The zero-order valence-electron chi connectivity index (χ0n) is 11.6. The first-order valence-electron chi connectivity index (χ1n) is 6.65. The van der Waals surface area contributed by atoms with Crippen LogP contribution in [-0.4, -0.2) is 6.03 Å². The van der Waals surface area contributed by atoms with Crippen LogP contribution < -0.4 is 10.6 Å². The van der Waals surface area contributed by atoms with Gasteiger partial charge in [-0.05, 0) is 41.8 Å². The number of carbonyl (C=O) groups is 1. The number of hydrogen-bond donors (Lipinski definition) is 2. The van der Waals surface area contributed by atoms with Crippen molar-refractivity contribution in [2.45, 2.75) is 19.9 Å². The predicted octanol–water partition coefficient (Wildman–Crippen LogP) is 3.85. The molecule has 2 N–H and O–H groups in total. The van der Waals surface area contributed by atoms with E-state index >= 15 is 0 Å². The standard InChI is InChI=1S/C16H16F2N2O/c1-2-11-3-5-15(6-4-11)20-16(21)19-10-12-7-13(17)9-14(18)8-12/h3-9H,2,10H2,1H3,(H2,19,20,21). The van der Waals surface area contributed by atoms with Crippen molar-refractivity contribution in [3.63, 3.8) is 0 Å². The maximum absolute atomic E-state index is 13.0. The van der Waals surface area contributed by atoms with E-state index in [1.807, 2.05) is 19.1 Å². The number of nitrogens with one attached hydrogen (secondary N) is 2. The highest BCUT2D eigenvalue weighted by Crippen LogP contribution is 2.10. The van der Waals surface area contributed by atoms with E-state index in [1.165, 1.54) is 17.7 Å². The van der Waals surface area contributed by atoms with E-state index in [0.29, 0.717) is 11.3 Å². The van der Waals surface area contributed by atoms with Gasteiger partial charge in [-0.15, -0.1) is 0 Å². The van der Waals surface area contributed by atoms with Crippen LogP contribution in [0.15, 0.2) is 42.5 Å². The SMILES string of the molecule is CCc1ccc(NC(=O)NCc2cc(F)cc(F)c2)cc1. The van der Waals surface area contributed by atoms with Gasteiger partial charge < -0.3 is 10.6 Å². The van der Waals surface area contributed by atoms with Gasteiger partial charge in [-0.25, -0.2) is 13.6 Å². The van der Waals surface area contributed by atoms with Gasteiger partial charge in [0.05, 0.1) is 0 Å². The van der Waals surface area contributed by atoms with Crippen molar-refractivity contribution in [3.8, 4) is 0 Å². The summed E-state index contributed by atoms with van der Waals surface area (Å²) >= 11 is 0. The highest BCUT2D eigenvalue weighted by atomic mass is 19.1. The van der Waals surface area contributed by atoms with Crippen molar-refractivity contribution in [1.82, 2.24) is 5.32 Å². The van der Waals surface area contributed by atoms with Crippen LogP contribution in [0.2, 0.25) is 0 Å². The molecule has 0 radical (unpaired) electrons. The van der Waals surface area contributed by atoms with Crippen LogP contribution in [-0.2, 0) is 13.0 Å². The topological polar surface area (TPSA) is 41.1 Å². The summed E-state index contributed by atoms with van der Waals surface area (Å²) < 4.78 is 26.0. The summed E-state index contributed by atoms with van der Waals surface area (Å²) in [6.07, 6.45) is 0.928. The zero-order valence-corrected chi connectivity index (χ0v) is 11.6. The largest absolute Gasteiger partial charge is 0.334 e. The molecule has 2 rings (SSSR count). The van der Waals surface area contributed by atoms with Gasteiger partial charge >= 0.3 is 6.03 Å². The Hall–Kier alpha value is -2.43. The van der Waals surface area contributed by atoms with Crippen LogP contribution in [0.5, 0.6) is 0 Å². The number of carbonyl (C=O) groups excluding carboxylic acids is 1. The van der Waals surface area contributed by atoms with Gasteiger partial charge in [0, 0.05) is 18.3 Å². The van der Waals surface area contributed by atoms with Gasteiger partial charge in [0.1, 0.15) is 11.6 Å². The number of urea groups is 1. The molecule has 110 valence electrons. The molecule has 0 unspecified atom stereocenters. The average molecular weight is 290 g/mol. The molecule has 21 heavy (non-hydrogen) atoms. The number of benzene rings is 2. The fourth-order valence-corrected chi connectivity index (χ4v) is 1.89. The van der Waals surface area contributed by atoms with Crippen molar-refractivity contribution in [2.75, 3.05) is 5.32 Å². The zero-order chi connectivity index (χ0) is 15.2. The van der Waals surface area contributed by atoms with E-state index in [-0.39, 0.29) is 6.54 Å². The van der Waals surface area contributed by atoms with Crippen molar-refractivity contribution < 1.29 is 13.6 Å². The molecule has 3 nitrogen and oxygen atoms in total. The Labute approximate surface area is 122 Å². The molecular weight excluding hydrogens is 274 g/mol. The Kier molecular flexibility index (Phi) is 4.87. The fraction of sp³-hybridized carbons (Fsp3) is 0.188. The minimum atomic E-state index is -0.664. The fourth-order valence-electron chi connectivity index (χ4n) is 1.89. The van der Waals surface area contributed by atoms with Crippen LogP contribution >= 0.6 is 0 Å². The summed E-state index contributed by atoms with van der Waals surface area (Å²) in [5, 5.41) is 5.20. The van der Waals surface area contributed by atoms with Gasteiger partial charge in [-0.1, -0.05) is 19.1 Å². The number of anilines is 1. The summed E-state index contributed by atoms with van der Waals surface area (Å²) in [7, 11) is 0. The number of rotatable bonds is 4. The smallest absolute Gasteiger partial charge is 0.319 e. The third-order valence-electron chi connectivity index (χ3n) is 3.00. The predicted molar refractivity (Wildman–Crippen MR) is 78.0 cm³/mol. The highest BCUT2D eigenvalue weighted by molar-refractivity contribution is 5.89. The quantitative estimate of drug-likeness (QED) is 0.882. The third-order valence-corrected chi connectivity index (χ3v) is 3.00. The number of amides is 2. The number of hydrogen-bond acceptors (Lipinski definition) is 1. The minimum absolute atomic E-state index is 0.0492.